The van der Waals surface area contributed by atoms with Gasteiger partial charge in [0.05, 0.1) is 12.2 Å². The van der Waals surface area contributed by atoms with Crippen LogP contribution in [0.25, 0.3) is 0 Å². The fraction of sp³-hybridized carbons (Fsp3) is 0.600. The van der Waals surface area contributed by atoms with E-state index >= 15 is 0 Å². The molecule has 0 saturated heterocycles. The van der Waals surface area contributed by atoms with Gasteiger partial charge in [0.15, 0.2) is 0 Å². The molecule has 15 heavy (non-hydrogen) atoms. The van der Waals surface area contributed by atoms with Gasteiger partial charge in [-0.3, -0.25) is 14.4 Å². The van der Waals surface area contributed by atoms with E-state index in [2.05, 4.69) is 5.10 Å². The molecule has 0 unspecified atom stereocenters. The number of aromatic nitrogens is 2. The maximum Gasteiger partial charge on any atom is 0.317 e. The van der Waals surface area contributed by atoms with Crippen LogP contribution in [0.4, 0.5) is 0 Å². The number of hydrogen-bond acceptors (Lipinski definition) is 3. The topological polar surface area (TPSA) is 58.4 Å². The third-order valence-electron chi connectivity index (χ3n) is 2.69. The number of aliphatic carboxylic acids is 1. The van der Waals surface area contributed by atoms with Gasteiger partial charge < -0.3 is 5.11 Å². The number of hydrogen-bond donors (Lipinski definition) is 1. The first-order chi connectivity index (χ1) is 7.16. The Morgan fingerprint density at radius 1 is 1.73 bits per heavy atom. The van der Waals surface area contributed by atoms with Crippen molar-refractivity contribution in [3.8, 4) is 0 Å². The van der Waals surface area contributed by atoms with Crippen LogP contribution in [0.1, 0.15) is 18.5 Å². The monoisotopic (exact) mass is 209 g/mol. The largest absolute Gasteiger partial charge is 0.480 e. The van der Waals surface area contributed by atoms with Crippen LogP contribution < -0.4 is 0 Å². The molecule has 0 radical (unpaired) electrons. The van der Waals surface area contributed by atoms with E-state index in [1.54, 1.807) is 10.9 Å². The van der Waals surface area contributed by atoms with Crippen LogP contribution in [-0.4, -0.2) is 38.3 Å². The fourth-order valence-corrected chi connectivity index (χ4v) is 1.69. The van der Waals surface area contributed by atoms with E-state index in [1.807, 2.05) is 18.0 Å². The van der Waals surface area contributed by atoms with Crippen molar-refractivity contribution in [3.63, 3.8) is 0 Å². The minimum Gasteiger partial charge on any atom is -0.480 e. The zero-order valence-electron chi connectivity index (χ0n) is 8.76. The number of aryl methyl sites for hydroxylation is 1. The second kappa shape index (κ2) is 4.02. The van der Waals surface area contributed by atoms with Gasteiger partial charge in [-0.05, 0) is 18.9 Å². The Labute approximate surface area is 88.3 Å². The van der Waals surface area contributed by atoms with E-state index in [9.17, 15) is 4.79 Å². The molecule has 0 atom stereocenters. The van der Waals surface area contributed by atoms with Crippen LogP contribution in [0.15, 0.2) is 12.3 Å². The molecule has 1 N–H and O–H groups in total. The molecule has 1 saturated carbocycles. The normalized spacial score (nSPS) is 15.9. The van der Waals surface area contributed by atoms with E-state index in [-0.39, 0.29) is 6.54 Å². The van der Waals surface area contributed by atoms with Crippen molar-refractivity contribution in [1.29, 1.82) is 0 Å². The van der Waals surface area contributed by atoms with Gasteiger partial charge >= 0.3 is 5.97 Å². The lowest BCUT2D eigenvalue weighted by molar-refractivity contribution is -0.138. The highest BCUT2D eigenvalue weighted by molar-refractivity contribution is 5.69. The molecule has 1 aromatic rings. The minimum atomic E-state index is -0.760. The summed E-state index contributed by atoms with van der Waals surface area (Å²) in [4.78, 5) is 12.7. The number of rotatable bonds is 5. The van der Waals surface area contributed by atoms with Crippen molar-refractivity contribution in [1.82, 2.24) is 14.7 Å². The predicted molar refractivity (Wildman–Crippen MR) is 54.3 cm³/mol. The number of carbonyl (C=O) groups is 1. The van der Waals surface area contributed by atoms with Crippen LogP contribution in [0.3, 0.4) is 0 Å². The highest BCUT2D eigenvalue weighted by Crippen LogP contribution is 2.27. The molecule has 1 fully saturated rings. The summed E-state index contributed by atoms with van der Waals surface area (Å²) in [5.41, 5.74) is 1.06. The van der Waals surface area contributed by atoms with E-state index in [1.165, 1.54) is 0 Å². The van der Waals surface area contributed by atoms with Crippen LogP contribution in [0.2, 0.25) is 0 Å². The molecular weight excluding hydrogens is 194 g/mol. The lowest BCUT2D eigenvalue weighted by Crippen LogP contribution is -2.32. The fourth-order valence-electron chi connectivity index (χ4n) is 1.69. The van der Waals surface area contributed by atoms with Gasteiger partial charge in [0.25, 0.3) is 0 Å². The summed E-state index contributed by atoms with van der Waals surface area (Å²) >= 11 is 0. The second-order valence-corrected chi connectivity index (χ2v) is 3.98. The van der Waals surface area contributed by atoms with Crippen LogP contribution in [-0.2, 0) is 18.4 Å². The number of carboxylic acid groups (broad SMARTS) is 1. The minimum absolute atomic E-state index is 0.121. The molecule has 0 aliphatic heterocycles. The maximum absolute atomic E-state index is 10.7. The third kappa shape index (κ3) is 2.56. The molecule has 0 aromatic carbocycles. The van der Waals surface area contributed by atoms with Gasteiger partial charge in [-0.25, -0.2) is 0 Å². The van der Waals surface area contributed by atoms with E-state index < -0.39 is 5.97 Å². The van der Waals surface area contributed by atoms with E-state index in [4.69, 9.17) is 5.11 Å². The Kier molecular flexibility index (Phi) is 2.73. The molecule has 0 amide bonds. The quantitative estimate of drug-likeness (QED) is 0.765. The molecular formula is C10H15N3O2. The average molecular weight is 209 g/mol. The van der Waals surface area contributed by atoms with E-state index in [0.29, 0.717) is 12.6 Å². The maximum atomic E-state index is 10.7. The molecule has 5 nitrogen and oxygen atoms in total. The van der Waals surface area contributed by atoms with Gasteiger partial charge in [-0.2, -0.15) is 5.10 Å². The second-order valence-electron chi connectivity index (χ2n) is 3.98. The molecule has 1 aliphatic carbocycles. The van der Waals surface area contributed by atoms with E-state index in [0.717, 1.165) is 18.5 Å². The Hall–Kier alpha value is -1.36. The summed E-state index contributed by atoms with van der Waals surface area (Å²) in [6.45, 7) is 0.795. The van der Waals surface area contributed by atoms with Gasteiger partial charge in [0.1, 0.15) is 0 Å². The van der Waals surface area contributed by atoms with Crippen molar-refractivity contribution in [3.05, 3.63) is 18.0 Å². The lowest BCUT2D eigenvalue weighted by Gasteiger charge is -2.19. The number of carboxylic acids is 1. The summed E-state index contributed by atoms with van der Waals surface area (Å²) in [6.07, 6.45) is 3.97. The number of nitrogens with zero attached hydrogens (tertiary/aromatic N) is 3. The van der Waals surface area contributed by atoms with Gasteiger partial charge in [-0.15, -0.1) is 0 Å². The first-order valence-electron chi connectivity index (χ1n) is 5.09. The summed E-state index contributed by atoms with van der Waals surface area (Å²) in [7, 11) is 1.88. The van der Waals surface area contributed by atoms with Crippen LogP contribution in [0, 0.1) is 0 Å². The standard InChI is InChI=1S/C10H15N3O2/c1-12-9(4-5-11-12)6-13(7-10(14)15)8-2-3-8/h4-5,8H,2-3,6-7H2,1H3,(H,14,15). The van der Waals surface area contributed by atoms with Crippen molar-refractivity contribution in [2.75, 3.05) is 6.54 Å². The van der Waals surface area contributed by atoms with Crippen molar-refractivity contribution in [2.45, 2.75) is 25.4 Å². The summed E-state index contributed by atoms with van der Waals surface area (Å²) < 4.78 is 1.79. The zero-order chi connectivity index (χ0) is 10.8. The van der Waals surface area contributed by atoms with Crippen molar-refractivity contribution < 1.29 is 9.90 Å². The molecule has 1 aliphatic rings. The smallest absolute Gasteiger partial charge is 0.317 e. The highest BCUT2D eigenvalue weighted by atomic mass is 16.4. The third-order valence-corrected chi connectivity index (χ3v) is 2.69. The van der Waals surface area contributed by atoms with Crippen molar-refractivity contribution >= 4 is 5.97 Å². The van der Waals surface area contributed by atoms with Crippen LogP contribution in [0.5, 0.6) is 0 Å². The average Bonchev–Trinajstić information content (AvgIpc) is 2.92. The molecule has 1 heterocycles. The van der Waals surface area contributed by atoms with Gasteiger partial charge in [0.2, 0.25) is 0 Å². The Balaban J connectivity index is 2.00. The molecule has 2 rings (SSSR count). The van der Waals surface area contributed by atoms with Gasteiger partial charge in [0, 0.05) is 25.8 Å². The van der Waals surface area contributed by atoms with Crippen LogP contribution >= 0.6 is 0 Å². The first-order valence-corrected chi connectivity index (χ1v) is 5.09. The Morgan fingerprint density at radius 3 is 2.93 bits per heavy atom. The highest BCUT2D eigenvalue weighted by Gasteiger charge is 2.30. The first kappa shape index (κ1) is 10.2. The predicted octanol–water partition coefficient (Wildman–Crippen LogP) is 0.469. The summed E-state index contributed by atoms with van der Waals surface area (Å²) in [5.74, 6) is -0.760. The zero-order valence-corrected chi connectivity index (χ0v) is 8.76. The lowest BCUT2D eigenvalue weighted by atomic mass is 10.3. The molecule has 82 valence electrons. The molecule has 5 heteroatoms. The summed E-state index contributed by atoms with van der Waals surface area (Å²) in [6, 6.07) is 2.38. The summed E-state index contributed by atoms with van der Waals surface area (Å²) in [5, 5.41) is 12.9. The molecule has 0 spiro atoms. The Morgan fingerprint density at radius 2 is 2.47 bits per heavy atom. The molecule has 1 aromatic heterocycles. The van der Waals surface area contributed by atoms with Gasteiger partial charge in [-0.1, -0.05) is 0 Å². The molecule has 0 bridgehead atoms. The Bertz CT molecular complexity index is 357. The van der Waals surface area contributed by atoms with Crippen molar-refractivity contribution in [2.24, 2.45) is 7.05 Å². The SMILES string of the molecule is Cn1nccc1CN(CC(=O)O)C1CC1.